The molecule has 0 aliphatic carbocycles. The number of carbonyl (C=O) groups excluding carboxylic acids is 3. The first-order chi connectivity index (χ1) is 15.8. The fraction of sp³-hybridized carbons (Fsp3) is 0.870. The molecule has 10 heteroatoms. The Morgan fingerprint density at radius 1 is 1.27 bits per heavy atom. The molecule has 6 atom stereocenters. The molecule has 4 saturated heterocycles. The zero-order valence-electron chi connectivity index (χ0n) is 19.9. The standard InChI is InChI=1S/C23H37N3O7/c1-4-22-6-7-23(33-22)16(17(22)21(30)32-5-2)20(29)26(15(3)14-27)18(23)19(28)24-8-9-25-10-12-31-13-11-25/h15-18,27H,4-14H2,1-3H3,(H,24,28)/t15-,16+,17-,18?,22+,23?/m1/s1. The summed E-state index contributed by atoms with van der Waals surface area (Å²) in [5.74, 6) is -2.57. The third-order valence-corrected chi connectivity index (χ3v) is 7.98. The van der Waals surface area contributed by atoms with Crippen molar-refractivity contribution in [1.82, 2.24) is 15.1 Å². The van der Waals surface area contributed by atoms with Gasteiger partial charge in [-0.15, -0.1) is 0 Å². The maximum absolute atomic E-state index is 13.7. The molecule has 0 aromatic heterocycles. The lowest BCUT2D eigenvalue weighted by molar-refractivity contribution is -0.161. The molecular formula is C23H37N3O7. The van der Waals surface area contributed by atoms with Gasteiger partial charge in [-0.3, -0.25) is 19.3 Å². The van der Waals surface area contributed by atoms with Crippen LogP contribution < -0.4 is 5.32 Å². The van der Waals surface area contributed by atoms with E-state index in [1.165, 1.54) is 4.90 Å². The van der Waals surface area contributed by atoms with E-state index in [-0.39, 0.29) is 25.0 Å². The number of carbonyl (C=O) groups is 3. The van der Waals surface area contributed by atoms with Crippen molar-refractivity contribution in [1.29, 1.82) is 0 Å². The molecule has 2 bridgehead atoms. The summed E-state index contributed by atoms with van der Waals surface area (Å²) in [4.78, 5) is 44.0. The van der Waals surface area contributed by atoms with Crippen molar-refractivity contribution in [3.8, 4) is 0 Å². The average Bonchev–Trinajstić information content (AvgIpc) is 3.43. The highest BCUT2D eigenvalue weighted by molar-refractivity contribution is 5.98. The number of ether oxygens (including phenoxy) is 3. The summed E-state index contributed by atoms with van der Waals surface area (Å²) in [6.07, 6.45) is 1.67. The first-order valence-electron chi connectivity index (χ1n) is 12.2. The first-order valence-corrected chi connectivity index (χ1v) is 12.2. The molecular weight excluding hydrogens is 430 g/mol. The monoisotopic (exact) mass is 467 g/mol. The smallest absolute Gasteiger partial charge is 0.312 e. The van der Waals surface area contributed by atoms with E-state index in [1.807, 2.05) is 6.92 Å². The molecule has 186 valence electrons. The predicted molar refractivity (Wildman–Crippen MR) is 117 cm³/mol. The fourth-order valence-electron chi connectivity index (χ4n) is 6.37. The fourth-order valence-corrected chi connectivity index (χ4v) is 6.37. The number of aliphatic hydroxyl groups is 1. The SMILES string of the molecule is CCOC(=O)[C@H]1[C@H]2C(=O)N([C@H](C)CO)C(C(=O)NCCN3CCOCC3)C23CC[C@]1(CC)O3. The minimum absolute atomic E-state index is 0.214. The van der Waals surface area contributed by atoms with Gasteiger partial charge in [0.1, 0.15) is 17.6 Å². The van der Waals surface area contributed by atoms with Crippen LogP contribution in [0.5, 0.6) is 0 Å². The van der Waals surface area contributed by atoms with Crippen molar-refractivity contribution in [2.24, 2.45) is 11.8 Å². The summed E-state index contributed by atoms with van der Waals surface area (Å²) in [7, 11) is 0. The van der Waals surface area contributed by atoms with Gasteiger partial charge in [-0.25, -0.2) is 0 Å². The van der Waals surface area contributed by atoms with Crippen LogP contribution in [0.1, 0.15) is 40.0 Å². The maximum atomic E-state index is 13.7. The molecule has 4 heterocycles. The number of amides is 2. The quantitative estimate of drug-likeness (QED) is 0.437. The second-order valence-corrected chi connectivity index (χ2v) is 9.61. The van der Waals surface area contributed by atoms with E-state index >= 15 is 0 Å². The third kappa shape index (κ3) is 3.84. The molecule has 0 aromatic carbocycles. The lowest BCUT2D eigenvalue weighted by Crippen LogP contribution is -2.58. The largest absolute Gasteiger partial charge is 0.466 e. The predicted octanol–water partition coefficient (Wildman–Crippen LogP) is -0.466. The number of nitrogens with one attached hydrogen (secondary N) is 1. The van der Waals surface area contributed by atoms with Crippen molar-refractivity contribution in [2.45, 2.75) is 63.3 Å². The highest BCUT2D eigenvalue weighted by Gasteiger charge is 2.79. The van der Waals surface area contributed by atoms with Crippen LogP contribution in [0.25, 0.3) is 0 Å². The highest BCUT2D eigenvalue weighted by atomic mass is 16.6. The van der Waals surface area contributed by atoms with Gasteiger partial charge in [0.2, 0.25) is 11.8 Å². The third-order valence-electron chi connectivity index (χ3n) is 7.98. The Balaban J connectivity index is 1.60. The van der Waals surface area contributed by atoms with Gasteiger partial charge in [-0.2, -0.15) is 0 Å². The Morgan fingerprint density at radius 3 is 2.64 bits per heavy atom. The Labute approximate surface area is 194 Å². The van der Waals surface area contributed by atoms with E-state index in [4.69, 9.17) is 14.2 Å². The van der Waals surface area contributed by atoms with Crippen LogP contribution in [0.2, 0.25) is 0 Å². The van der Waals surface area contributed by atoms with E-state index < -0.39 is 41.1 Å². The number of hydrogen-bond donors (Lipinski definition) is 2. The summed E-state index contributed by atoms with van der Waals surface area (Å²) >= 11 is 0. The van der Waals surface area contributed by atoms with Crippen LogP contribution in [0.3, 0.4) is 0 Å². The van der Waals surface area contributed by atoms with E-state index in [0.717, 1.165) is 13.1 Å². The van der Waals surface area contributed by atoms with Crippen LogP contribution in [0.4, 0.5) is 0 Å². The second kappa shape index (κ2) is 9.48. The second-order valence-electron chi connectivity index (χ2n) is 9.61. The molecule has 10 nitrogen and oxygen atoms in total. The van der Waals surface area contributed by atoms with Crippen LogP contribution >= 0.6 is 0 Å². The summed E-state index contributed by atoms with van der Waals surface area (Å²) in [5, 5.41) is 12.9. The van der Waals surface area contributed by atoms with Gasteiger partial charge in [-0.1, -0.05) is 6.92 Å². The minimum atomic E-state index is -1.09. The minimum Gasteiger partial charge on any atom is -0.466 e. The number of hydrogen-bond acceptors (Lipinski definition) is 8. The first kappa shape index (κ1) is 24.4. The van der Waals surface area contributed by atoms with Crippen molar-refractivity contribution in [3.63, 3.8) is 0 Å². The molecule has 2 amide bonds. The molecule has 4 aliphatic heterocycles. The molecule has 0 saturated carbocycles. The van der Waals surface area contributed by atoms with Gasteiger partial charge in [0.25, 0.3) is 0 Å². The zero-order chi connectivity index (χ0) is 23.8. The van der Waals surface area contributed by atoms with E-state index in [9.17, 15) is 19.5 Å². The summed E-state index contributed by atoms with van der Waals surface area (Å²) < 4.78 is 17.3. The summed E-state index contributed by atoms with van der Waals surface area (Å²) in [6.45, 7) is 9.45. The maximum Gasteiger partial charge on any atom is 0.312 e. The van der Waals surface area contributed by atoms with Gasteiger partial charge in [0.15, 0.2) is 0 Å². The molecule has 4 fully saturated rings. The number of aliphatic hydroxyl groups excluding tert-OH is 1. The van der Waals surface area contributed by atoms with Gasteiger partial charge in [0, 0.05) is 26.2 Å². The molecule has 4 rings (SSSR count). The number of morpholine rings is 1. The number of nitrogens with zero attached hydrogens (tertiary/aromatic N) is 2. The van der Waals surface area contributed by atoms with Crippen LogP contribution in [-0.4, -0.2) is 109 Å². The Hall–Kier alpha value is -1.75. The van der Waals surface area contributed by atoms with E-state index in [2.05, 4.69) is 10.2 Å². The summed E-state index contributed by atoms with van der Waals surface area (Å²) in [6, 6.07) is -1.47. The summed E-state index contributed by atoms with van der Waals surface area (Å²) in [5.41, 5.74) is -1.88. The highest BCUT2D eigenvalue weighted by Crippen LogP contribution is 2.64. The molecule has 0 aromatic rings. The number of likely N-dealkylation sites (tertiary alicyclic amines) is 1. The molecule has 2 N–H and O–H groups in total. The molecule has 1 spiro atoms. The van der Waals surface area contributed by atoms with Crippen LogP contribution in [0, 0.1) is 11.8 Å². The Bertz CT molecular complexity index is 773. The van der Waals surface area contributed by atoms with Gasteiger partial charge in [-0.05, 0) is 33.1 Å². The Kier molecular flexibility index (Phi) is 7.00. The van der Waals surface area contributed by atoms with Crippen LogP contribution in [-0.2, 0) is 28.6 Å². The van der Waals surface area contributed by atoms with Crippen LogP contribution in [0.15, 0.2) is 0 Å². The van der Waals surface area contributed by atoms with Crippen molar-refractivity contribution < 1.29 is 33.7 Å². The van der Waals surface area contributed by atoms with Gasteiger partial charge < -0.3 is 29.5 Å². The molecule has 0 radical (unpaired) electrons. The van der Waals surface area contributed by atoms with Crippen molar-refractivity contribution >= 4 is 17.8 Å². The molecule has 33 heavy (non-hydrogen) atoms. The lowest BCUT2D eigenvalue weighted by atomic mass is 9.65. The topological polar surface area (TPSA) is 118 Å². The van der Waals surface area contributed by atoms with Gasteiger partial charge in [0.05, 0.1) is 44.0 Å². The average molecular weight is 468 g/mol. The number of esters is 1. The van der Waals surface area contributed by atoms with Crippen molar-refractivity contribution in [2.75, 3.05) is 52.6 Å². The lowest BCUT2D eigenvalue weighted by Gasteiger charge is -2.36. The zero-order valence-corrected chi connectivity index (χ0v) is 19.9. The van der Waals surface area contributed by atoms with Crippen molar-refractivity contribution in [3.05, 3.63) is 0 Å². The van der Waals surface area contributed by atoms with E-state index in [1.54, 1.807) is 13.8 Å². The number of rotatable bonds is 9. The molecule has 2 unspecified atom stereocenters. The number of fused-ring (bicyclic) bond motifs is 1. The Morgan fingerprint density at radius 2 is 2.00 bits per heavy atom. The molecule has 4 aliphatic rings. The van der Waals surface area contributed by atoms with Gasteiger partial charge >= 0.3 is 5.97 Å². The normalized spacial score (nSPS) is 36.7. The van der Waals surface area contributed by atoms with E-state index in [0.29, 0.717) is 45.6 Å².